The first-order chi connectivity index (χ1) is 12.5. The van der Waals surface area contributed by atoms with Crippen LogP contribution in [0.3, 0.4) is 0 Å². The average Bonchev–Trinajstić information content (AvgIpc) is 2.64. The van der Waals surface area contributed by atoms with Gasteiger partial charge in [0.2, 0.25) is 5.91 Å². The van der Waals surface area contributed by atoms with Crippen LogP contribution in [0, 0.1) is 0 Å². The van der Waals surface area contributed by atoms with Crippen molar-refractivity contribution in [2.45, 2.75) is 37.6 Å². The van der Waals surface area contributed by atoms with Crippen LogP contribution in [-0.4, -0.2) is 17.4 Å². The normalized spacial score (nSPS) is 15.3. The summed E-state index contributed by atoms with van der Waals surface area (Å²) in [5.74, 6) is -0.550. The Morgan fingerprint density at radius 2 is 1.59 bits per heavy atom. The van der Waals surface area contributed by atoms with E-state index in [2.05, 4.69) is 10.6 Å². The fourth-order valence-corrected chi connectivity index (χ4v) is 3.37. The number of nitrogens with two attached hydrogens (primary N) is 1. The number of anilines is 2. The van der Waals surface area contributed by atoms with Crippen molar-refractivity contribution in [2.24, 2.45) is 5.73 Å². The van der Waals surface area contributed by atoms with Crippen LogP contribution in [0.15, 0.2) is 48.5 Å². The zero-order chi connectivity index (χ0) is 18.6. The van der Waals surface area contributed by atoms with E-state index < -0.39 is 5.54 Å². The molecule has 1 aliphatic rings. The maximum absolute atomic E-state index is 12.6. The van der Waals surface area contributed by atoms with Crippen molar-refractivity contribution in [3.63, 3.8) is 0 Å². The molecular formula is C20H23Cl2N3O2. The van der Waals surface area contributed by atoms with Gasteiger partial charge in [-0.15, -0.1) is 12.4 Å². The van der Waals surface area contributed by atoms with Crippen LogP contribution >= 0.6 is 24.0 Å². The Labute approximate surface area is 170 Å². The van der Waals surface area contributed by atoms with Gasteiger partial charge < -0.3 is 16.4 Å². The lowest BCUT2D eigenvalue weighted by Gasteiger charge is -2.31. The number of carbonyl (C=O) groups excluding carboxylic acids is 2. The number of nitrogens with one attached hydrogen (secondary N) is 2. The molecule has 0 unspecified atom stereocenters. The second kappa shape index (κ2) is 9.22. The summed E-state index contributed by atoms with van der Waals surface area (Å²) in [5.41, 5.74) is 6.89. The van der Waals surface area contributed by atoms with Gasteiger partial charge in [0.25, 0.3) is 5.91 Å². The summed E-state index contributed by atoms with van der Waals surface area (Å²) in [6, 6.07) is 14.0. The number of rotatable bonds is 4. The third kappa shape index (κ3) is 5.22. The van der Waals surface area contributed by atoms with E-state index in [-0.39, 0.29) is 24.2 Å². The van der Waals surface area contributed by atoms with Gasteiger partial charge >= 0.3 is 0 Å². The predicted octanol–water partition coefficient (Wildman–Crippen LogP) is 4.61. The summed E-state index contributed by atoms with van der Waals surface area (Å²) in [5, 5.41) is 5.94. The van der Waals surface area contributed by atoms with Gasteiger partial charge in [-0.1, -0.05) is 49.1 Å². The molecule has 1 fully saturated rings. The van der Waals surface area contributed by atoms with Gasteiger partial charge in [0.15, 0.2) is 0 Å². The molecule has 0 heterocycles. The minimum atomic E-state index is -0.843. The van der Waals surface area contributed by atoms with Gasteiger partial charge in [0, 0.05) is 11.4 Å². The lowest BCUT2D eigenvalue weighted by molar-refractivity contribution is -0.122. The van der Waals surface area contributed by atoms with E-state index in [0.29, 0.717) is 34.8 Å². The smallest absolute Gasteiger partial charge is 0.257 e. The molecule has 2 aromatic rings. The molecule has 2 aromatic carbocycles. The zero-order valence-corrected chi connectivity index (χ0v) is 16.4. The number of amides is 2. The summed E-state index contributed by atoms with van der Waals surface area (Å²) in [7, 11) is 0. The second-order valence-corrected chi connectivity index (χ2v) is 7.09. The predicted molar refractivity (Wildman–Crippen MR) is 112 cm³/mol. The van der Waals surface area contributed by atoms with E-state index in [1.54, 1.807) is 30.3 Å². The molecule has 0 aliphatic heterocycles. The maximum Gasteiger partial charge on any atom is 0.257 e. The minimum absolute atomic E-state index is 0. The standard InChI is InChI=1S/C20H22ClN3O2.ClH/c21-17-10-9-15(24-19(26)20(22)11-5-2-6-12-20)13-16(17)18(25)23-14-7-3-1-4-8-14;/h1,3-4,7-10,13H,2,5-6,11-12,22H2,(H,23,25)(H,24,26);1H. The molecule has 2 amide bonds. The van der Waals surface area contributed by atoms with Crippen molar-refractivity contribution in [3.05, 3.63) is 59.1 Å². The Balaban J connectivity index is 0.00000261. The summed E-state index contributed by atoms with van der Waals surface area (Å²) >= 11 is 6.17. The minimum Gasteiger partial charge on any atom is -0.324 e. The van der Waals surface area contributed by atoms with Gasteiger partial charge in [0.05, 0.1) is 16.1 Å². The van der Waals surface area contributed by atoms with E-state index in [0.717, 1.165) is 19.3 Å². The molecule has 0 aromatic heterocycles. The first-order valence-electron chi connectivity index (χ1n) is 8.74. The molecule has 1 saturated carbocycles. The Bertz CT molecular complexity index is 806. The van der Waals surface area contributed by atoms with Gasteiger partial charge in [0.1, 0.15) is 0 Å². The third-order valence-electron chi connectivity index (χ3n) is 4.70. The van der Waals surface area contributed by atoms with Crippen LogP contribution in [0.4, 0.5) is 11.4 Å². The fraction of sp³-hybridized carbons (Fsp3) is 0.300. The molecule has 4 N–H and O–H groups in total. The Hall–Kier alpha value is -2.08. The summed E-state index contributed by atoms with van der Waals surface area (Å²) < 4.78 is 0. The van der Waals surface area contributed by atoms with Crippen LogP contribution in [-0.2, 0) is 4.79 Å². The van der Waals surface area contributed by atoms with Crippen molar-refractivity contribution >= 4 is 47.2 Å². The largest absolute Gasteiger partial charge is 0.324 e. The summed E-state index contributed by atoms with van der Waals surface area (Å²) in [6.07, 6.45) is 4.36. The van der Waals surface area contributed by atoms with Crippen LogP contribution in [0.5, 0.6) is 0 Å². The monoisotopic (exact) mass is 407 g/mol. The van der Waals surface area contributed by atoms with Crippen molar-refractivity contribution in [1.29, 1.82) is 0 Å². The Morgan fingerprint density at radius 3 is 2.26 bits per heavy atom. The average molecular weight is 408 g/mol. The van der Waals surface area contributed by atoms with Gasteiger partial charge in [-0.25, -0.2) is 0 Å². The first-order valence-corrected chi connectivity index (χ1v) is 9.12. The van der Waals surface area contributed by atoms with Crippen molar-refractivity contribution < 1.29 is 9.59 Å². The van der Waals surface area contributed by atoms with E-state index in [4.69, 9.17) is 17.3 Å². The summed E-state index contributed by atoms with van der Waals surface area (Å²) in [4.78, 5) is 25.1. The van der Waals surface area contributed by atoms with E-state index in [9.17, 15) is 9.59 Å². The molecule has 144 valence electrons. The molecule has 0 saturated heterocycles. The molecule has 5 nitrogen and oxygen atoms in total. The number of benzene rings is 2. The molecule has 27 heavy (non-hydrogen) atoms. The molecule has 0 bridgehead atoms. The van der Waals surface area contributed by atoms with Crippen molar-refractivity contribution in [2.75, 3.05) is 10.6 Å². The second-order valence-electron chi connectivity index (χ2n) is 6.69. The fourth-order valence-electron chi connectivity index (χ4n) is 3.16. The first kappa shape index (κ1) is 21.2. The number of hydrogen-bond donors (Lipinski definition) is 3. The van der Waals surface area contributed by atoms with Crippen LogP contribution in [0.1, 0.15) is 42.5 Å². The van der Waals surface area contributed by atoms with Crippen molar-refractivity contribution in [3.8, 4) is 0 Å². The van der Waals surface area contributed by atoms with E-state index in [1.807, 2.05) is 18.2 Å². The number of halogens is 2. The quantitative estimate of drug-likeness (QED) is 0.691. The topological polar surface area (TPSA) is 84.2 Å². The molecule has 7 heteroatoms. The maximum atomic E-state index is 12.6. The van der Waals surface area contributed by atoms with Crippen molar-refractivity contribution in [1.82, 2.24) is 0 Å². The number of hydrogen-bond acceptors (Lipinski definition) is 3. The lowest BCUT2D eigenvalue weighted by atomic mass is 9.82. The third-order valence-corrected chi connectivity index (χ3v) is 5.03. The van der Waals surface area contributed by atoms with Crippen LogP contribution < -0.4 is 16.4 Å². The Kier molecular flexibility index (Phi) is 7.25. The van der Waals surface area contributed by atoms with Gasteiger partial charge in [-0.05, 0) is 43.2 Å². The van der Waals surface area contributed by atoms with E-state index in [1.165, 1.54) is 0 Å². The molecule has 3 rings (SSSR count). The van der Waals surface area contributed by atoms with E-state index >= 15 is 0 Å². The SMILES string of the molecule is Cl.NC1(C(=O)Nc2ccc(Cl)c(C(=O)Nc3ccccc3)c2)CCCCC1. The van der Waals surface area contributed by atoms with Crippen LogP contribution in [0.25, 0.3) is 0 Å². The Morgan fingerprint density at radius 1 is 0.926 bits per heavy atom. The highest BCUT2D eigenvalue weighted by Crippen LogP contribution is 2.28. The molecule has 0 spiro atoms. The number of carbonyl (C=O) groups is 2. The molecule has 0 radical (unpaired) electrons. The molecular weight excluding hydrogens is 385 g/mol. The van der Waals surface area contributed by atoms with Gasteiger partial charge in [-0.3, -0.25) is 9.59 Å². The zero-order valence-electron chi connectivity index (χ0n) is 14.8. The summed E-state index contributed by atoms with van der Waals surface area (Å²) in [6.45, 7) is 0. The lowest BCUT2D eigenvalue weighted by Crippen LogP contribution is -2.52. The molecule has 1 aliphatic carbocycles. The van der Waals surface area contributed by atoms with Crippen LogP contribution in [0.2, 0.25) is 5.02 Å². The highest BCUT2D eigenvalue weighted by molar-refractivity contribution is 6.34. The highest BCUT2D eigenvalue weighted by Gasteiger charge is 2.35. The highest BCUT2D eigenvalue weighted by atomic mass is 35.5. The number of para-hydroxylation sites is 1. The van der Waals surface area contributed by atoms with Gasteiger partial charge in [-0.2, -0.15) is 0 Å². The molecule has 0 atom stereocenters.